The normalized spacial score (nSPS) is 16.3. The van der Waals surface area contributed by atoms with E-state index in [4.69, 9.17) is 14.5 Å². The Bertz CT molecular complexity index is 611. The average molecular weight is 391 g/mol. The van der Waals surface area contributed by atoms with Gasteiger partial charge in [0.25, 0.3) is 0 Å². The lowest BCUT2D eigenvalue weighted by atomic mass is 10.0. The number of benzene rings is 1. The van der Waals surface area contributed by atoms with E-state index in [0.717, 1.165) is 61.9 Å². The summed E-state index contributed by atoms with van der Waals surface area (Å²) in [7, 11) is 1.68. The van der Waals surface area contributed by atoms with Gasteiger partial charge >= 0.3 is 0 Å². The summed E-state index contributed by atoms with van der Waals surface area (Å²) in [6, 6.07) is 7.15. The third-order valence-electron chi connectivity index (χ3n) is 5.05. The number of likely N-dealkylation sites (tertiary alicyclic amines) is 1. The minimum atomic E-state index is 0.479. The fraction of sp³-hybridized carbons (Fsp3) is 0.682. The van der Waals surface area contributed by atoms with Gasteiger partial charge in [0.05, 0.1) is 20.3 Å². The maximum atomic E-state index is 5.73. The second kappa shape index (κ2) is 11.8. The maximum Gasteiger partial charge on any atom is 0.191 e. The zero-order valence-electron chi connectivity index (χ0n) is 18.3. The highest BCUT2D eigenvalue weighted by atomic mass is 16.5. The smallest absolute Gasteiger partial charge is 0.191 e. The molecule has 6 heteroatoms. The molecule has 1 aliphatic heterocycles. The SMILES string of the molecule is CCCOc1ccc(CN=C(NCC)NC2CCN(C(C)C)CC2)cc1OC. The van der Waals surface area contributed by atoms with Crippen molar-refractivity contribution < 1.29 is 9.47 Å². The molecular formula is C22H38N4O2. The predicted octanol–water partition coefficient (Wildman–Crippen LogP) is 3.41. The van der Waals surface area contributed by atoms with Gasteiger partial charge in [0.15, 0.2) is 17.5 Å². The van der Waals surface area contributed by atoms with Crippen LogP contribution < -0.4 is 20.1 Å². The summed E-state index contributed by atoms with van der Waals surface area (Å²) in [4.78, 5) is 7.32. The number of aliphatic imine (C=N–C) groups is 1. The first-order chi connectivity index (χ1) is 13.6. The van der Waals surface area contributed by atoms with Crippen LogP contribution in [0.5, 0.6) is 11.5 Å². The standard InChI is InChI=1S/C22H38N4O2/c1-6-14-28-20-9-8-18(15-21(20)27-5)16-24-22(23-7-2)25-19-10-12-26(13-11-19)17(3)4/h8-9,15,17,19H,6-7,10-14,16H2,1-5H3,(H2,23,24,25). The van der Waals surface area contributed by atoms with E-state index >= 15 is 0 Å². The van der Waals surface area contributed by atoms with Crippen LogP contribution >= 0.6 is 0 Å². The number of guanidine groups is 1. The molecule has 1 aliphatic rings. The molecule has 1 aromatic rings. The molecule has 1 fully saturated rings. The number of hydrogen-bond donors (Lipinski definition) is 2. The van der Waals surface area contributed by atoms with Gasteiger partial charge in [0.1, 0.15) is 0 Å². The second-order valence-electron chi connectivity index (χ2n) is 7.58. The molecule has 0 aromatic heterocycles. The van der Waals surface area contributed by atoms with Crippen LogP contribution in [0.15, 0.2) is 23.2 Å². The summed E-state index contributed by atoms with van der Waals surface area (Å²) >= 11 is 0. The molecular weight excluding hydrogens is 352 g/mol. The van der Waals surface area contributed by atoms with Crippen LogP contribution in [0.3, 0.4) is 0 Å². The van der Waals surface area contributed by atoms with Crippen molar-refractivity contribution in [2.75, 3.05) is 33.4 Å². The number of nitrogens with one attached hydrogen (secondary N) is 2. The molecule has 0 unspecified atom stereocenters. The van der Waals surface area contributed by atoms with E-state index in [2.05, 4.69) is 49.3 Å². The Kier molecular flexibility index (Phi) is 9.41. The molecule has 158 valence electrons. The molecule has 0 saturated carbocycles. The van der Waals surface area contributed by atoms with Gasteiger partial charge in [-0.2, -0.15) is 0 Å². The van der Waals surface area contributed by atoms with Crippen molar-refractivity contribution in [3.63, 3.8) is 0 Å². The average Bonchev–Trinajstić information content (AvgIpc) is 2.71. The van der Waals surface area contributed by atoms with Crippen LogP contribution in [0.1, 0.15) is 52.5 Å². The third kappa shape index (κ3) is 6.89. The summed E-state index contributed by atoms with van der Waals surface area (Å²) in [5.74, 6) is 2.44. The molecule has 0 radical (unpaired) electrons. The molecule has 1 aromatic carbocycles. The molecule has 0 atom stereocenters. The van der Waals surface area contributed by atoms with Crippen molar-refractivity contribution in [2.45, 2.75) is 65.6 Å². The molecule has 0 spiro atoms. The number of hydrogen-bond acceptors (Lipinski definition) is 4. The van der Waals surface area contributed by atoms with Crippen molar-refractivity contribution in [3.05, 3.63) is 23.8 Å². The molecule has 2 N–H and O–H groups in total. The number of ether oxygens (including phenoxy) is 2. The van der Waals surface area contributed by atoms with Crippen LogP contribution in [-0.2, 0) is 6.54 Å². The number of nitrogens with zero attached hydrogens (tertiary/aromatic N) is 2. The van der Waals surface area contributed by atoms with Gasteiger partial charge in [-0.3, -0.25) is 0 Å². The zero-order valence-corrected chi connectivity index (χ0v) is 18.3. The Morgan fingerprint density at radius 3 is 2.57 bits per heavy atom. The van der Waals surface area contributed by atoms with E-state index in [0.29, 0.717) is 25.2 Å². The number of methoxy groups -OCH3 is 1. The van der Waals surface area contributed by atoms with Crippen LogP contribution in [0.2, 0.25) is 0 Å². The van der Waals surface area contributed by atoms with Gasteiger partial charge in [-0.25, -0.2) is 4.99 Å². The summed E-state index contributed by atoms with van der Waals surface area (Å²) in [6.45, 7) is 13.2. The van der Waals surface area contributed by atoms with Crippen LogP contribution in [-0.4, -0.2) is 56.3 Å². The van der Waals surface area contributed by atoms with Crippen molar-refractivity contribution >= 4 is 5.96 Å². The summed E-state index contributed by atoms with van der Waals surface area (Å²) in [6.07, 6.45) is 3.28. The van der Waals surface area contributed by atoms with E-state index in [1.165, 1.54) is 0 Å². The molecule has 1 saturated heterocycles. The number of rotatable bonds is 9. The van der Waals surface area contributed by atoms with E-state index in [-0.39, 0.29) is 0 Å². The Morgan fingerprint density at radius 1 is 1.21 bits per heavy atom. The molecule has 1 heterocycles. The topological polar surface area (TPSA) is 58.1 Å². The van der Waals surface area contributed by atoms with Gasteiger partial charge in [0, 0.05) is 31.7 Å². The maximum absolute atomic E-state index is 5.73. The fourth-order valence-electron chi connectivity index (χ4n) is 3.39. The Morgan fingerprint density at radius 2 is 1.96 bits per heavy atom. The largest absolute Gasteiger partial charge is 0.493 e. The monoisotopic (exact) mass is 390 g/mol. The van der Waals surface area contributed by atoms with Gasteiger partial charge in [-0.05, 0) is 57.7 Å². The van der Waals surface area contributed by atoms with Crippen molar-refractivity contribution in [3.8, 4) is 11.5 Å². The summed E-state index contributed by atoms with van der Waals surface area (Å²) in [5, 5.41) is 6.98. The van der Waals surface area contributed by atoms with Crippen LogP contribution in [0.25, 0.3) is 0 Å². The molecule has 0 bridgehead atoms. The minimum Gasteiger partial charge on any atom is -0.493 e. The van der Waals surface area contributed by atoms with Gasteiger partial charge < -0.3 is 25.0 Å². The lowest BCUT2D eigenvalue weighted by molar-refractivity contribution is 0.167. The Labute approximate surface area is 170 Å². The van der Waals surface area contributed by atoms with E-state index in [9.17, 15) is 0 Å². The quantitative estimate of drug-likeness (QED) is 0.500. The predicted molar refractivity (Wildman–Crippen MR) is 116 cm³/mol. The first-order valence-electron chi connectivity index (χ1n) is 10.7. The highest BCUT2D eigenvalue weighted by Crippen LogP contribution is 2.28. The molecule has 28 heavy (non-hydrogen) atoms. The summed E-state index contributed by atoms with van der Waals surface area (Å²) in [5.41, 5.74) is 1.10. The van der Waals surface area contributed by atoms with Gasteiger partial charge in [-0.1, -0.05) is 13.0 Å². The molecule has 2 rings (SSSR count). The van der Waals surface area contributed by atoms with Gasteiger partial charge in [0.2, 0.25) is 0 Å². The van der Waals surface area contributed by atoms with E-state index < -0.39 is 0 Å². The third-order valence-corrected chi connectivity index (χ3v) is 5.05. The first kappa shape index (κ1) is 22.3. The molecule has 0 aliphatic carbocycles. The lowest BCUT2D eigenvalue weighted by Crippen LogP contribution is -2.49. The van der Waals surface area contributed by atoms with E-state index in [1.54, 1.807) is 7.11 Å². The molecule has 0 amide bonds. The van der Waals surface area contributed by atoms with Gasteiger partial charge in [-0.15, -0.1) is 0 Å². The first-order valence-corrected chi connectivity index (χ1v) is 10.7. The summed E-state index contributed by atoms with van der Waals surface area (Å²) < 4.78 is 11.2. The van der Waals surface area contributed by atoms with Crippen LogP contribution in [0, 0.1) is 0 Å². The van der Waals surface area contributed by atoms with Crippen LogP contribution in [0.4, 0.5) is 0 Å². The Balaban J connectivity index is 1.96. The van der Waals surface area contributed by atoms with E-state index in [1.807, 2.05) is 12.1 Å². The highest BCUT2D eigenvalue weighted by molar-refractivity contribution is 5.80. The number of piperidine rings is 1. The second-order valence-corrected chi connectivity index (χ2v) is 7.58. The lowest BCUT2D eigenvalue weighted by Gasteiger charge is -2.35. The highest BCUT2D eigenvalue weighted by Gasteiger charge is 2.21. The minimum absolute atomic E-state index is 0.479. The van der Waals surface area contributed by atoms with Crippen molar-refractivity contribution in [1.82, 2.24) is 15.5 Å². The zero-order chi connectivity index (χ0) is 20.4. The Hall–Kier alpha value is -1.95. The van der Waals surface area contributed by atoms with Crippen molar-refractivity contribution in [2.24, 2.45) is 4.99 Å². The fourth-order valence-corrected chi connectivity index (χ4v) is 3.39. The van der Waals surface area contributed by atoms with Crippen molar-refractivity contribution in [1.29, 1.82) is 0 Å². The molecule has 6 nitrogen and oxygen atoms in total.